The van der Waals surface area contributed by atoms with Crippen molar-refractivity contribution in [3.63, 3.8) is 0 Å². The molecule has 3 heterocycles. The van der Waals surface area contributed by atoms with E-state index >= 15 is 0 Å². The number of benzene rings is 2. The van der Waals surface area contributed by atoms with E-state index in [2.05, 4.69) is 15.4 Å². The molecule has 2 aromatic heterocycles. The number of pyridine rings is 1. The van der Waals surface area contributed by atoms with Gasteiger partial charge in [0, 0.05) is 17.5 Å². The summed E-state index contributed by atoms with van der Waals surface area (Å²) in [6, 6.07) is 19.1. The fraction of sp³-hybridized carbons (Fsp3) is 0.125. The number of fused-ring (bicyclic) bond motifs is 2. The van der Waals surface area contributed by atoms with Crippen LogP contribution in [0.1, 0.15) is 11.3 Å². The zero-order valence-corrected chi connectivity index (χ0v) is 16.9. The summed E-state index contributed by atoms with van der Waals surface area (Å²) in [4.78, 5) is 17.2. The molecule has 0 unspecified atom stereocenters. The molecule has 4 aromatic rings. The van der Waals surface area contributed by atoms with Gasteiger partial charge in [-0.05, 0) is 48.9 Å². The molecule has 31 heavy (non-hydrogen) atoms. The van der Waals surface area contributed by atoms with E-state index in [1.54, 1.807) is 10.8 Å². The van der Waals surface area contributed by atoms with Gasteiger partial charge in [-0.3, -0.25) is 4.79 Å². The van der Waals surface area contributed by atoms with Crippen molar-refractivity contribution in [1.29, 1.82) is 0 Å². The van der Waals surface area contributed by atoms with Gasteiger partial charge in [0.15, 0.2) is 17.3 Å². The Morgan fingerprint density at radius 2 is 1.87 bits per heavy atom. The van der Waals surface area contributed by atoms with Crippen molar-refractivity contribution in [2.24, 2.45) is 0 Å². The third kappa shape index (κ3) is 3.98. The van der Waals surface area contributed by atoms with Gasteiger partial charge in [0.25, 0.3) is 0 Å². The van der Waals surface area contributed by atoms with Gasteiger partial charge in [0.05, 0.1) is 11.2 Å². The molecule has 1 aliphatic rings. The average Bonchev–Trinajstić information content (AvgIpc) is 3.17. The maximum Gasteiger partial charge on any atom is 0.249 e. The molecule has 0 aliphatic carbocycles. The lowest BCUT2D eigenvalue weighted by Gasteiger charge is -2.18. The predicted molar refractivity (Wildman–Crippen MR) is 119 cm³/mol. The van der Waals surface area contributed by atoms with E-state index in [0.29, 0.717) is 30.6 Å². The van der Waals surface area contributed by atoms with Crippen molar-refractivity contribution in [2.45, 2.75) is 6.92 Å². The number of rotatable bonds is 4. The van der Waals surface area contributed by atoms with Crippen LogP contribution in [0.4, 0.5) is 5.82 Å². The molecule has 1 N–H and O–H groups in total. The molecule has 1 amide bonds. The molecule has 5 rings (SSSR count). The Morgan fingerprint density at radius 1 is 1.03 bits per heavy atom. The van der Waals surface area contributed by atoms with Gasteiger partial charge in [-0.15, -0.1) is 0 Å². The third-order valence-corrected chi connectivity index (χ3v) is 4.88. The largest absolute Gasteiger partial charge is 0.486 e. The number of nitrogens with one attached hydrogen (secondary N) is 1. The van der Waals surface area contributed by atoms with Crippen molar-refractivity contribution in [3.8, 4) is 17.3 Å². The van der Waals surface area contributed by atoms with E-state index in [1.807, 2.05) is 67.6 Å². The maximum absolute atomic E-state index is 12.6. The highest BCUT2D eigenvalue weighted by Gasteiger charge is 2.13. The number of aryl methyl sites for hydroxylation is 1. The monoisotopic (exact) mass is 412 g/mol. The molecule has 154 valence electrons. The van der Waals surface area contributed by atoms with Crippen LogP contribution in [0.25, 0.3) is 22.8 Å². The van der Waals surface area contributed by atoms with Crippen molar-refractivity contribution in [3.05, 3.63) is 78.0 Å². The Kier molecular flexibility index (Phi) is 4.84. The zero-order valence-electron chi connectivity index (χ0n) is 16.9. The molecule has 7 nitrogen and oxygen atoms in total. The second kappa shape index (κ2) is 7.95. The topological polar surface area (TPSA) is 78.3 Å². The van der Waals surface area contributed by atoms with Gasteiger partial charge in [0.1, 0.15) is 19.0 Å². The van der Waals surface area contributed by atoms with Gasteiger partial charge in [-0.2, -0.15) is 9.78 Å². The summed E-state index contributed by atoms with van der Waals surface area (Å²) in [5.74, 6) is 2.33. The first-order chi connectivity index (χ1) is 15.2. The van der Waals surface area contributed by atoms with Crippen LogP contribution in [-0.4, -0.2) is 33.9 Å². The zero-order chi connectivity index (χ0) is 21.2. The summed E-state index contributed by atoms with van der Waals surface area (Å²) in [5.41, 5.74) is 2.49. The minimum atomic E-state index is -0.267. The van der Waals surface area contributed by atoms with Crippen LogP contribution in [0, 0.1) is 6.92 Å². The minimum Gasteiger partial charge on any atom is -0.486 e. The Balaban J connectivity index is 1.36. The second-order valence-electron chi connectivity index (χ2n) is 7.17. The van der Waals surface area contributed by atoms with Crippen LogP contribution in [0.5, 0.6) is 11.5 Å². The van der Waals surface area contributed by atoms with E-state index in [-0.39, 0.29) is 5.91 Å². The molecule has 0 atom stereocenters. The second-order valence-corrected chi connectivity index (χ2v) is 7.17. The molecule has 0 spiro atoms. The lowest BCUT2D eigenvalue weighted by atomic mass is 10.2. The number of nitrogens with zero attached hydrogens (tertiary/aromatic N) is 3. The number of aromatic nitrogens is 3. The summed E-state index contributed by atoms with van der Waals surface area (Å²) < 4.78 is 12.7. The van der Waals surface area contributed by atoms with Crippen LogP contribution in [-0.2, 0) is 4.79 Å². The maximum atomic E-state index is 12.6. The lowest BCUT2D eigenvalue weighted by molar-refractivity contribution is -0.111. The van der Waals surface area contributed by atoms with Crippen LogP contribution < -0.4 is 14.8 Å². The standard InChI is InChI=1S/C24H20N4O3/c1-16-14-23(28(27-16)22-10-8-18-4-2-3-5-19(18)25-22)26-24(29)11-7-17-6-9-20-21(15-17)31-13-12-30-20/h2-11,14-15H,12-13H2,1H3,(H,26,29)/b11-7-. The summed E-state index contributed by atoms with van der Waals surface area (Å²) >= 11 is 0. The Hall–Kier alpha value is -4.13. The lowest BCUT2D eigenvalue weighted by Crippen LogP contribution is -2.15. The number of carbonyl (C=O) groups excluding carboxylic acids is 1. The van der Waals surface area contributed by atoms with Gasteiger partial charge in [0.2, 0.25) is 5.91 Å². The number of carbonyl (C=O) groups is 1. The molecular formula is C24H20N4O3. The highest BCUT2D eigenvalue weighted by Crippen LogP contribution is 2.31. The highest BCUT2D eigenvalue weighted by atomic mass is 16.6. The molecule has 0 bridgehead atoms. The predicted octanol–water partition coefficient (Wildman–Crippen LogP) is 4.15. The van der Waals surface area contributed by atoms with Gasteiger partial charge < -0.3 is 14.8 Å². The molecule has 0 saturated heterocycles. The van der Waals surface area contributed by atoms with E-state index < -0.39 is 0 Å². The third-order valence-electron chi connectivity index (χ3n) is 4.88. The molecule has 7 heteroatoms. The quantitative estimate of drug-likeness (QED) is 0.510. The van der Waals surface area contributed by atoms with Crippen LogP contribution in [0.3, 0.4) is 0 Å². The van der Waals surface area contributed by atoms with E-state index in [4.69, 9.17) is 9.47 Å². The van der Waals surface area contributed by atoms with Crippen LogP contribution >= 0.6 is 0 Å². The van der Waals surface area contributed by atoms with Crippen molar-refractivity contribution < 1.29 is 14.3 Å². The Bertz CT molecular complexity index is 1310. The summed E-state index contributed by atoms with van der Waals surface area (Å²) in [7, 11) is 0. The molecule has 0 saturated carbocycles. The summed E-state index contributed by atoms with van der Waals surface area (Å²) in [5, 5.41) is 8.43. The fourth-order valence-electron chi connectivity index (χ4n) is 3.44. The summed E-state index contributed by atoms with van der Waals surface area (Å²) in [6.45, 7) is 2.94. The first-order valence-corrected chi connectivity index (χ1v) is 9.97. The number of hydrogen-bond acceptors (Lipinski definition) is 5. The molecule has 2 aromatic carbocycles. The van der Waals surface area contributed by atoms with E-state index in [9.17, 15) is 4.79 Å². The van der Waals surface area contributed by atoms with Crippen molar-refractivity contribution in [2.75, 3.05) is 18.5 Å². The number of para-hydroxylation sites is 1. The number of ether oxygens (including phenoxy) is 2. The highest BCUT2D eigenvalue weighted by molar-refractivity contribution is 6.01. The van der Waals surface area contributed by atoms with Gasteiger partial charge >= 0.3 is 0 Å². The molecule has 1 aliphatic heterocycles. The molecule has 0 radical (unpaired) electrons. The van der Waals surface area contributed by atoms with Crippen LogP contribution in [0.2, 0.25) is 0 Å². The van der Waals surface area contributed by atoms with E-state index in [1.165, 1.54) is 6.08 Å². The summed E-state index contributed by atoms with van der Waals surface area (Å²) in [6.07, 6.45) is 3.21. The van der Waals surface area contributed by atoms with Gasteiger partial charge in [-0.25, -0.2) is 4.98 Å². The van der Waals surface area contributed by atoms with Crippen molar-refractivity contribution >= 4 is 28.7 Å². The number of amides is 1. The Morgan fingerprint density at radius 3 is 2.77 bits per heavy atom. The van der Waals surface area contributed by atoms with Crippen molar-refractivity contribution in [1.82, 2.24) is 14.8 Å². The normalized spacial score (nSPS) is 12.9. The smallest absolute Gasteiger partial charge is 0.249 e. The Labute approximate surface area is 178 Å². The number of anilines is 1. The van der Waals surface area contributed by atoms with Crippen LogP contribution in [0.15, 0.2) is 66.7 Å². The fourth-order valence-corrected chi connectivity index (χ4v) is 3.44. The average molecular weight is 412 g/mol. The first kappa shape index (κ1) is 18.9. The van der Waals surface area contributed by atoms with E-state index in [0.717, 1.165) is 27.9 Å². The molecule has 0 fully saturated rings. The molecular weight excluding hydrogens is 392 g/mol. The van der Waals surface area contributed by atoms with Gasteiger partial charge in [-0.1, -0.05) is 24.3 Å². The minimum absolute atomic E-state index is 0.267. The number of hydrogen-bond donors (Lipinski definition) is 1. The SMILES string of the molecule is Cc1cc(NC(=O)/C=C\c2ccc3c(c2)OCCO3)n(-c2ccc3ccccc3n2)n1. The first-order valence-electron chi connectivity index (χ1n) is 9.97.